The molecule has 0 aliphatic carbocycles. The lowest BCUT2D eigenvalue weighted by atomic mass is 9.95. The van der Waals surface area contributed by atoms with Crippen molar-refractivity contribution >= 4 is 6.09 Å². The molecule has 0 aromatic carbocycles. The molecule has 0 aliphatic rings. The van der Waals surface area contributed by atoms with Crippen LogP contribution in [0.2, 0.25) is 0 Å². The maximum absolute atomic E-state index is 11.8. The maximum Gasteiger partial charge on any atom is 0.407 e. The van der Waals surface area contributed by atoms with Gasteiger partial charge in [0.05, 0.1) is 0 Å². The van der Waals surface area contributed by atoms with Crippen LogP contribution in [0.4, 0.5) is 4.79 Å². The fourth-order valence-corrected chi connectivity index (χ4v) is 1.99. The van der Waals surface area contributed by atoms with Gasteiger partial charge in [-0.15, -0.1) is 0 Å². The fourth-order valence-electron chi connectivity index (χ4n) is 1.99. The highest BCUT2D eigenvalue weighted by atomic mass is 16.6. The average molecular weight is 287 g/mol. The largest absolute Gasteiger partial charge is 0.444 e. The average Bonchev–Trinajstić information content (AvgIpc) is 2.26. The second-order valence-corrected chi connectivity index (χ2v) is 7.01. The molecular formula is C15H33N3O2. The Morgan fingerprint density at radius 3 is 2.15 bits per heavy atom. The Labute approximate surface area is 124 Å². The van der Waals surface area contributed by atoms with Gasteiger partial charge in [0.25, 0.3) is 0 Å². The van der Waals surface area contributed by atoms with E-state index in [-0.39, 0.29) is 17.6 Å². The first-order valence-electron chi connectivity index (χ1n) is 7.37. The number of alkyl carbamates (subject to hydrolysis) is 1. The molecule has 20 heavy (non-hydrogen) atoms. The summed E-state index contributed by atoms with van der Waals surface area (Å²) in [5.41, 5.74) is 5.44. The molecule has 0 fully saturated rings. The van der Waals surface area contributed by atoms with Crippen LogP contribution in [-0.2, 0) is 4.74 Å². The van der Waals surface area contributed by atoms with Gasteiger partial charge in [-0.1, -0.05) is 6.92 Å². The maximum atomic E-state index is 11.8. The Hall–Kier alpha value is -0.810. The SMILES string of the molecule is CCC(C)(C)N(C)C(CN)C(C)NC(=O)OC(C)(C)C. The van der Waals surface area contributed by atoms with Crippen LogP contribution in [0.15, 0.2) is 0 Å². The molecule has 0 rings (SSSR count). The number of hydrogen-bond donors (Lipinski definition) is 2. The van der Waals surface area contributed by atoms with Crippen molar-refractivity contribution in [2.75, 3.05) is 13.6 Å². The van der Waals surface area contributed by atoms with Gasteiger partial charge < -0.3 is 15.8 Å². The zero-order valence-corrected chi connectivity index (χ0v) is 14.4. The van der Waals surface area contributed by atoms with Crippen molar-refractivity contribution in [1.82, 2.24) is 10.2 Å². The highest BCUT2D eigenvalue weighted by Gasteiger charge is 2.31. The molecule has 0 saturated carbocycles. The van der Waals surface area contributed by atoms with Crippen LogP contribution in [0.5, 0.6) is 0 Å². The minimum Gasteiger partial charge on any atom is -0.444 e. The van der Waals surface area contributed by atoms with Crippen LogP contribution >= 0.6 is 0 Å². The monoisotopic (exact) mass is 287 g/mol. The summed E-state index contributed by atoms with van der Waals surface area (Å²) in [5.74, 6) is 0. The molecule has 0 saturated heterocycles. The molecule has 0 aliphatic heterocycles. The van der Waals surface area contributed by atoms with Crippen LogP contribution < -0.4 is 11.1 Å². The molecule has 0 aromatic rings. The lowest BCUT2D eigenvalue weighted by Crippen LogP contribution is -2.58. The second-order valence-electron chi connectivity index (χ2n) is 7.01. The summed E-state index contributed by atoms with van der Waals surface area (Å²) in [6, 6.07) is -0.0110. The van der Waals surface area contributed by atoms with E-state index in [1.807, 2.05) is 34.7 Å². The zero-order chi connectivity index (χ0) is 16.1. The first-order valence-corrected chi connectivity index (χ1v) is 7.37. The molecule has 2 unspecified atom stereocenters. The molecule has 2 atom stereocenters. The number of nitrogens with zero attached hydrogens (tertiary/aromatic N) is 1. The van der Waals surface area contributed by atoms with Crippen molar-refractivity contribution in [1.29, 1.82) is 0 Å². The standard InChI is InChI=1S/C15H33N3O2/c1-9-15(6,7)18(8)12(10-16)11(2)17-13(19)20-14(3,4)5/h11-12H,9-10,16H2,1-8H3,(H,17,19). The summed E-state index contributed by atoms with van der Waals surface area (Å²) in [6.07, 6.45) is 0.616. The Morgan fingerprint density at radius 1 is 1.30 bits per heavy atom. The van der Waals surface area contributed by atoms with Gasteiger partial charge >= 0.3 is 6.09 Å². The van der Waals surface area contributed by atoms with Gasteiger partial charge in [-0.25, -0.2) is 4.79 Å². The lowest BCUT2D eigenvalue weighted by Gasteiger charge is -2.43. The Bertz CT molecular complexity index is 311. The van der Waals surface area contributed by atoms with E-state index in [1.54, 1.807) is 0 Å². The molecule has 0 heterocycles. The lowest BCUT2D eigenvalue weighted by molar-refractivity contribution is 0.0410. The predicted octanol–water partition coefficient (Wildman–Crippen LogP) is 2.35. The molecule has 0 spiro atoms. The van der Waals surface area contributed by atoms with Crippen LogP contribution in [-0.4, -0.2) is 47.8 Å². The van der Waals surface area contributed by atoms with Gasteiger partial charge in [0.2, 0.25) is 0 Å². The van der Waals surface area contributed by atoms with Gasteiger partial charge in [0.1, 0.15) is 5.60 Å². The molecule has 5 nitrogen and oxygen atoms in total. The number of carbonyl (C=O) groups is 1. The molecule has 5 heteroatoms. The fraction of sp³-hybridized carbons (Fsp3) is 0.933. The summed E-state index contributed by atoms with van der Waals surface area (Å²) in [7, 11) is 2.05. The van der Waals surface area contributed by atoms with Crippen LogP contribution in [0.3, 0.4) is 0 Å². The zero-order valence-electron chi connectivity index (χ0n) is 14.4. The van der Waals surface area contributed by atoms with Gasteiger partial charge in [-0.2, -0.15) is 0 Å². The van der Waals surface area contributed by atoms with Gasteiger partial charge in [-0.05, 0) is 55.0 Å². The first-order chi connectivity index (χ1) is 8.94. The number of ether oxygens (including phenoxy) is 1. The number of carbonyl (C=O) groups excluding carboxylic acids is 1. The summed E-state index contributed by atoms with van der Waals surface area (Å²) in [6.45, 7) is 14.5. The summed E-state index contributed by atoms with van der Waals surface area (Å²) < 4.78 is 5.29. The Kier molecular flexibility index (Phi) is 6.98. The van der Waals surface area contributed by atoms with E-state index in [1.165, 1.54) is 0 Å². The van der Waals surface area contributed by atoms with E-state index < -0.39 is 11.7 Å². The number of amides is 1. The van der Waals surface area contributed by atoms with Crippen molar-refractivity contribution in [3.8, 4) is 0 Å². The molecule has 1 amide bonds. The number of hydrogen-bond acceptors (Lipinski definition) is 4. The molecule has 0 bridgehead atoms. The molecule has 0 radical (unpaired) electrons. The highest BCUT2D eigenvalue weighted by Crippen LogP contribution is 2.20. The highest BCUT2D eigenvalue weighted by molar-refractivity contribution is 5.68. The second kappa shape index (κ2) is 7.27. The number of rotatable bonds is 6. The van der Waals surface area contributed by atoms with Crippen molar-refractivity contribution in [3.63, 3.8) is 0 Å². The van der Waals surface area contributed by atoms with Crippen LogP contribution in [0.25, 0.3) is 0 Å². The predicted molar refractivity (Wildman–Crippen MR) is 83.8 cm³/mol. The number of nitrogens with one attached hydrogen (secondary N) is 1. The Morgan fingerprint density at radius 2 is 1.80 bits per heavy atom. The molecular weight excluding hydrogens is 254 g/mol. The van der Waals surface area contributed by atoms with Crippen LogP contribution in [0.1, 0.15) is 54.9 Å². The molecule has 0 aromatic heterocycles. The minimum absolute atomic E-state index is 0.0356. The van der Waals surface area contributed by atoms with Crippen molar-refractivity contribution in [2.24, 2.45) is 5.73 Å². The van der Waals surface area contributed by atoms with Gasteiger partial charge in [0, 0.05) is 24.2 Å². The minimum atomic E-state index is -0.489. The molecule has 3 N–H and O–H groups in total. The van der Waals surface area contributed by atoms with Gasteiger partial charge in [-0.3, -0.25) is 4.90 Å². The van der Waals surface area contributed by atoms with E-state index in [4.69, 9.17) is 10.5 Å². The summed E-state index contributed by atoms with van der Waals surface area (Å²) in [5, 5.41) is 2.88. The normalized spacial score (nSPS) is 15.9. The van der Waals surface area contributed by atoms with Crippen molar-refractivity contribution in [3.05, 3.63) is 0 Å². The van der Waals surface area contributed by atoms with Crippen LogP contribution in [0, 0.1) is 0 Å². The quantitative estimate of drug-likeness (QED) is 0.787. The Balaban J connectivity index is 4.71. The topological polar surface area (TPSA) is 67.6 Å². The molecule has 120 valence electrons. The number of nitrogens with two attached hydrogens (primary N) is 1. The third-order valence-electron chi connectivity index (χ3n) is 3.88. The van der Waals surface area contributed by atoms with E-state index in [9.17, 15) is 4.79 Å². The smallest absolute Gasteiger partial charge is 0.407 e. The van der Waals surface area contributed by atoms with Crippen molar-refractivity contribution in [2.45, 2.75) is 78.1 Å². The van der Waals surface area contributed by atoms with Crippen molar-refractivity contribution < 1.29 is 9.53 Å². The van der Waals surface area contributed by atoms with E-state index in [0.717, 1.165) is 6.42 Å². The van der Waals surface area contributed by atoms with E-state index in [0.29, 0.717) is 6.54 Å². The third-order valence-corrected chi connectivity index (χ3v) is 3.88. The number of likely N-dealkylation sites (N-methyl/N-ethyl adjacent to an activating group) is 1. The van der Waals surface area contributed by atoms with E-state index in [2.05, 4.69) is 31.0 Å². The van der Waals surface area contributed by atoms with Gasteiger partial charge in [0.15, 0.2) is 0 Å². The summed E-state index contributed by atoms with van der Waals surface area (Å²) >= 11 is 0. The first kappa shape index (κ1) is 19.2. The van der Waals surface area contributed by atoms with E-state index >= 15 is 0 Å². The third kappa shape index (κ3) is 6.09. The summed E-state index contributed by atoms with van der Waals surface area (Å²) in [4.78, 5) is 14.1.